The van der Waals surface area contributed by atoms with Gasteiger partial charge in [0.1, 0.15) is 5.75 Å². The summed E-state index contributed by atoms with van der Waals surface area (Å²) in [6.45, 7) is 3.43. The SMILES string of the molecule is COc1ccc(N[C@@H]2CCCN(C(=O)c3ccc(C)nc3)C2)cc1. The van der Waals surface area contributed by atoms with Crippen molar-refractivity contribution in [3.8, 4) is 5.75 Å². The summed E-state index contributed by atoms with van der Waals surface area (Å²) in [5.74, 6) is 0.900. The monoisotopic (exact) mass is 325 g/mol. The fourth-order valence-electron chi connectivity index (χ4n) is 2.98. The van der Waals surface area contributed by atoms with Crippen LogP contribution in [0.1, 0.15) is 28.9 Å². The number of carbonyl (C=O) groups is 1. The molecule has 126 valence electrons. The Balaban J connectivity index is 1.63. The van der Waals surface area contributed by atoms with E-state index in [0.29, 0.717) is 12.1 Å². The number of amides is 1. The number of nitrogens with zero attached hydrogens (tertiary/aromatic N) is 2. The smallest absolute Gasteiger partial charge is 0.255 e. The molecular weight excluding hydrogens is 302 g/mol. The quantitative estimate of drug-likeness (QED) is 0.938. The van der Waals surface area contributed by atoms with Crippen molar-refractivity contribution in [3.63, 3.8) is 0 Å². The molecular formula is C19H23N3O2. The van der Waals surface area contributed by atoms with Crippen LogP contribution in [-0.4, -0.2) is 42.0 Å². The minimum Gasteiger partial charge on any atom is -0.497 e. The number of rotatable bonds is 4. The Morgan fingerprint density at radius 2 is 2.04 bits per heavy atom. The summed E-state index contributed by atoms with van der Waals surface area (Å²) in [5.41, 5.74) is 2.63. The second kappa shape index (κ2) is 7.34. The molecule has 0 bridgehead atoms. The van der Waals surface area contributed by atoms with Crippen molar-refractivity contribution in [2.24, 2.45) is 0 Å². The maximum Gasteiger partial charge on any atom is 0.255 e. The minimum atomic E-state index is 0.0590. The molecule has 1 aliphatic heterocycles. The summed E-state index contributed by atoms with van der Waals surface area (Å²) < 4.78 is 5.18. The molecule has 1 aromatic carbocycles. The number of carbonyl (C=O) groups excluding carboxylic acids is 1. The highest BCUT2D eigenvalue weighted by Crippen LogP contribution is 2.20. The first kappa shape index (κ1) is 16.3. The third-order valence-corrected chi connectivity index (χ3v) is 4.33. The molecule has 1 aromatic heterocycles. The van der Waals surface area contributed by atoms with Gasteiger partial charge in [-0.3, -0.25) is 9.78 Å². The lowest BCUT2D eigenvalue weighted by molar-refractivity contribution is 0.0714. The fourth-order valence-corrected chi connectivity index (χ4v) is 2.98. The first-order valence-electron chi connectivity index (χ1n) is 8.28. The average Bonchev–Trinajstić information content (AvgIpc) is 2.63. The van der Waals surface area contributed by atoms with Gasteiger partial charge in [-0.2, -0.15) is 0 Å². The molecule has 0 aliphatic carbocycles. The maximum absolute atomic E-state index is 12.6. The minimum absolute atomic E-state index is 0.0590. The molecule has 5 heteroatoms. The molecule has 5 nitrogen and oxygen atoms in total. The maximum atomic E-state index is 12.6. The van der Waals surface area contributed by atoms with Gasteiger partial charge in [-0.1, -0.05) is 0 Å². The molecule has 1 aliphatic rings. The topological polar surface area (TPSA) is 54.5 Å². The lowest BCUT2D eigenvalue weighted by atomic mass is 10.0. The van der Waals surface area contributed by atoms with Crippen LogP contribution in [0.3, 0.4) is 0 Å². The van der Waals surface area contributed by atoms with E-state index in [1.807, 2.05) is 48.2 Å². The number of pyridine rings is 1. The first-order chi connectivity index (χ1) is 11.7. The number of ether oxygens (including phenoxy) is 1. The zero-order valence-electron chi connectivity index (χ0n) is 14.2. The van der Waals surface area contributed by atoms with Crippen molar-refractivity contribution in [2.45, 2.75) is 25.8 Å². The first-order valence-corrected chi connectivity index (χ1v) is 8.28. The van der Waals surface area contributed by atoms with E-state index in [-0.39, 0.29) is 11.9 Å². The summed E-state index contributed by atoms with van der Waals surface area (Å²) in [4.78, 5) is 18.8. The predicted octanol–water partition coefficient (Wildman–Crippen LogP) is 3.12. The number of anilines is 1. The molecule has 0 spiro atoms. The number of piperidine rings is 1. The molecule has 3 rings (SSSR count). The van der Waals surface area contributed by atoms with Crippen molar-refractivity contribution in [2.75, 3.05) is 25.5 Å². The molecule has 0 unspecified atom stereocenters. The highest BCUT2D eigenvalue weighted by atomic mass is 16.5. The van der Waals surface area contributed by atoms with Crippen LogP contribution in [-0.2, 0) is 0 Å². The molecule has 1 fully saturated rings. The van der Waals surface area contributed by atoms with Crippen molar-refractivity contribution in [1.29, 1.82) is 0 Å². The van der Waals surface area contributed by atoms with Gasteiger partial charge in [0.2, 0.25) is 0 Å². The van der Waals surface area contributed by atoms with E-state index >= 15 is 0 Å². The van der Waals surface area contributed by atoms with Gasteiger partial charge in [-0.25, -0.2) is 0 Å². The van der Waals surface area contributed by atoms with Crippen molar-refractivity contribution >= 4 is 11.6 Å². The summed E-state index contributed by atoms with van der Waals surface area (Å²) in [6, 6.07) is 11.9. The lowest BCUT2D eigenvalue weighted by Crippen LogP contribution is -2.45. The van der Waals surface area contributed by atoms with E-state index < -0.39 is 0 Å². The van der Waals surface area contributed by atoms with Gasteiger partial charge in [-0.15, -0.1) is 0 Å². The van der Waals surface area contributed by atoms with E-state index in [2.05, 4.69) is 10.3 Å². The van der Waals surface area contributed by atoms with Crippen LogP contribution >= 0.6 is 0 Å². The third kappa shape index (κ3) is 3.85. The van der Waals surface area contributed by atoms with Crippen molar-refractivity contribution < 1.29 is 9.53 Å². The molecule has 0 saturated carbocycles. The number of hydrogen-bond donors (Lipinski definition) is 1. The Kier molecular flexibility index (Phi) is 4.99. The average molecular weight is 325 g/mol. The van der Waals surface area contributed by atoms with Gasteiger partial charge in [0.05, 0.1) is 12.7 Å². The normalized spacial score (nSPS) is 17.4. The summed E-state index contributed by atoms with van der Waals surface area (Å²) in [6.07, 6.45) is 3.72. The van der Waals surface area contributed by atoms with Crippen LogP contribution in [0.4, 0.5) is 5.69 Å². The molecule has 2 heterocycles. The van der Waals surface area contributed by atoms with Crippen LogP contribution in [0.5, 0.6) is 5.75 Å². The second-order valence-corrected chi connectivity index (χ2v) is 6.15. The largest absolute Gasteiger partial charge is 0.497 e. The van der Waals surface area contributed by atoms with Gasteiger partial charge in [0.25, 0.3) is 5.91 Å². The number of hydrogen-bond acceptors (Lipinski definition) is 4. The third-order valence-electron chi connectivity index (χ3n) is 4.33. The second-order valence-electron chi connectivity index (χ2n) is 6.15. The van der Waals surface area contributed by atoms with Gasteiger partial charge in [0.15, 0.2) is 0 Å². The zero-order valence-corrected chi connectivity index (χ0v) is 14.2. The number of nitrogens with one attached hydrogen (secondary N) is 1. The Bertz CT molecular complexity index is 683. The zero-order chi connectivity index (χ0) is 16.9. The molecule has 1 amide bonds. The van der Waals surface area contributed by atoms with E-state index in [0.717, 1.165) is 36.5 Å². The summed E-state index contributed by atoms with van der Waals surface area (Å²) in [5, 5.41) is 3.51. The van der Waals surface area contributed by atoms with Crippen molar-refractivity contribution in [3.05, 3.63) is 53.9 Å². The molecule has 1 N–H and O–H groups in total. The van der Waals surface area contributed by atoms with Gasteiger partial charge in [-0.05, 0) is 56.2 Å². The van der Waals surface area contributed by atoms with Crippen LogP contribution in [0.2, 0.25) is 0 Å². The number of likely N-dealkylation sites (tertiary alicyclic amines) is 1. The van der Waals surface area contributed by atoms with E-state index in [1.54, 1.807) is 13.3 Å². The van der Waals surface area contributed by atoms with Gasteiger partial charge >= 0.3 is 0 Å². The molecule has 1 saturated heterocycles. The molecule has 1 atom stereocenters. The summed E-state index contributed by atoms with van der Waals surface area (Å²) >= 11 is 0. The molecule has 0 radical (unpaired) electrons. The number of benzene rings is 1. The number of methoxy groups -OCH3 is 1. The van der Waals surface area contributed by atoms with Gasteiger partial charge < -0.3 is 15.0 Å². The van der Waals surface area contributed by atoms with E-state index in [1.165, 1.54) is 0 Å². The van der Waals surface area contributed by atoms with Crippen LogP contribution in [0.25, 0.3) is 0 Å². The van der Waals surface area contributed by atoms with Crippen LogP contribution < -0.4 is 10.1 Å². The Morgan fingerprint density at radius 3 is 2.71 bits per heavy atom. The molecule has 24 heavy (non-hydrogen) atoms. The number of aromatic nitrogens is 1. The van der Waals surface area contributed by atoms with Crippen LogP contribution in [0.15, 0.2) is 42.6 Å². The summed E-state index contributed by atoms with van der Waals surface area (Å²) in [7, 11) is 1.66. The Labute approximate surface area is 142 Å². The fraction of sp³-hybridized carbons (Fsp3) is 0.368. The van der Waals surface area contributed by atoms with Crippen molar-refractivity contribution in [1.82, 2.24) is 9.88 Å². The highest BCUT2D eigenvalue weighted by Gasteiger charge is 2.24. The molecule has 2 aromatic rings. The lowest BCUT2D eigenvalue weighted by Gasteiger charge is -2.33. The Morgan fingerprint density at radius 1 is 1.25 bits per heavy atom. The van der Waals surface area contributed by atoms with Gasteiger partial charge in [0, 0.05) is 36.7 Å². The predicted molar refractivity (Wildman–Crippen MR) is 94.5 cm³/mol. The van der Waals surface area contributed by atoms with E-state index in [4.69, 9.17) is 4.74 Å². The standard InChI is InChI=1S/C19H23N3O2/c1-14-5-6-15(12-20-14)19(23)22-11-3-4-17(13-22)21-16-7-9-18(24-2)10-8-16/h5-10,12,17,21H,3-4,11,13H2,1-2H3/t17-/m1/s1. The van der Waals surface area contributed by atoms with E-state index in [9.17, 15) is 4.79 Å². The Hall–Kier alpha value is -2.56. The van der Waals surface area contributed by atoms with Crippen LogP contribution in [0, 0.1) is 6.92 Å². The number of aryl methyl sites for hydroxylation is 1. The highest BCUT2D eigenvalue weighted by molar-refractivity contribution is 5.94.